The number of morpholine rings is 1. The molecule has 1 aliphatic heterocycles. The highest BCUT2D eigenvalue weighted by atomic mass is 35.5. The largest absolute Gasteiger partial charge is 0.378 e. The molecule has 27 heavy (non-hydrogen) atoms. The summed E-state index contributed by atoms with van der Waals surface area (Å²) < 4.78 is 7.03. The van der Waals surface area contributed by atoms with Crippen molar-refractivity contribution in [2.75, 3.05) is 36.5 Å². The van der Waals surface area contributed by atoms with Gasteiger partial charge in [-0.2, -0.15) is 5.10 Å². The average Bonchev–Trinajstić information content (AvgIpc) is 3.17. The zero-order valence-electron chi connectivity index (χ0n) is 14.4. The molecular weight excluding hydrogens is 368 g/mol. The van der Waals surface area contributed by atoms with E-state index >= 15 is 0 Å². The maximum atomic E-state index is 12.4. The van der Waals surface area contributed by atoms with Crippen molar-refractivity contribution in [1.82, 2.24) is 19.7 Å². The van der Waals surface area contributed by atoms with Gasteiger partial charge in [-0.1, -0.05) is 17.7 Å². The summed E-state index contributed by atoms with van der Waals surface area (Å²) in [6.45, 7) is 2.85. The van der Waals surface area contributed by atoms with Gasteiger partial charge in [-0.25, -0.2) is 14.6 Å². The fourth-order valence-electron chi connectivity index (χ4n) is 2.86. The molecular formula is C18H17ClN6O2. The van der Waals surface area contributed by atoms with Crippen LogP contribution < -0.4 is 10.2 Å². The molecule has 1 aromatic carbocycles. The Kier molecular flexibility index (Phi) is 4.99. The van der Waals surface area contributed by atoms with Crippen LogP contribution in [0, 0.1) is 0 Å². The second kappa shape index (κ2) is 7.73. The van der Waals surface area contributed by atoms with Gasteiger partial charge in [0.05, 0.1) is 37.5 Å². The van der Waals surface area contributed by atoms with Crippen molar-refractivity contribution in [3.63, 3.8) is 0 Å². The molecule has 0 aliphatic carbocycles. The SMILES string of the molecule is O=C(Nc1cnn(-c2ncncc2N2CCOCC2)c1)c1cccc(Cl)c1. The van der Waals surface area contributed by atoms with Crippen LogP contribution in [0.1, 0.15) is 10.4 Å². The Morgan fingerprint density at radius 2 is 2.07 bits per heavy atom. The topological polar surface area (TPSA) is 85.2 Å². The van der Waals surface area contributed by atoms with Crippen molar-refractivity contribution < 1.29 is 9.53 Å². The number of amides is 1. The molecule has 9 heteroatoms. The van der Waals surface area contributed by atoms with Gasteiger partial charge in [0.1, 0.15) is 12.0 Å². The number of hydrogen-bond acceptors (Lipinski definition) is 6. The second-order valence-electron chi connectivity index (χ2n) is 5.97. The Morgan fingerprint density at radius 3 is 2.89 bits per heavy atom. The molecule has 1 N–H and O–H groups in total. The van der Waals surface area contributed by atoms with Gasteiger partial charge < -0.3 is 15.0 Å². The van der Waals surface area contributed by atoms with Gasteiger partial charge in [0.15, 0.2) is 5.82 Å². The summed E-state index contributed by atoms with van der Waals surface area (Å²) in [5.41, 5.74) is 1.91. The number of aromatic nitrogens is 4. The number of carbonyl (C=O) groups excluding carboxylic acids is 1. The molecule has 3 aromatic rings. The summed E-state index contributed by atoms with van der Waals surface area (Å²) in [6.07, 6.45) is 6.53. The maximum absolute atomic E-state index is 12.4. The summed E-state index contributed by atoms with van der Waals surface area (Å²) in [7, 11) is 0. The van der Waals surface area contributed by atoms with Crippen LogP contribution in [-0.2, 0) is 4.74 Å². The van der Waals surface area contributed by atoms with E-state index < -0.39 is 0 Å². The van der Waals surface area contributed by atoms with E-state index in [4.69, 9.17) is 16.3 Å². The molecule has 0 bridgehead atoms. The van der Waals surface area contributed by atoms with Gasteiger partial charge in [-0.05, 0) is 18.2 Å². The van der Waals surface area contributed by atoms with E-state index in [-0.39, 0.29) is 5.91 Å². The molecule has 1 saturated heterocycles. The number of benzene rings is 1. The lowest BCUT2D eigenvalue weighted by Crippen LogP contribution is -2.37. The Labute approximate surface area is 160 Å². The van der Waals surface area contributed by atoms with Crippen LogP contribution in [0.3, 0.4) is 0 Å². The summed E-state index contributed by atoms with van der Waals surface area (Å²) >= 11 is 5.94. The van der Waals surface area contributed by atoms with Crippen LogP contribution in [0.4, 0.5) is 11.4 Å². The number of nitrogens with one attached hydrogen (secondary N) is 1. The van der Waals surface area contributed by atoms with Crippen LogP contribution in [0.15, 0.2) is 49.2 Å². The quantitative estimate of drug-likeness (QED) is 0.743. The van der Waals surface area contributed by atoms with Gasteiger partial charge in [0, 0.05) is 23.7 Å². The van der Waals surface area contributed by atoms with Crippen molar-refractivity contribution in [3.8, 4) is 5.82 Å². The molecule has 0 unspecified atom stereocenters. The van der Waals surface area contributed by atoms with Crippen LogP contribution in [0.2, 0.25) is 5.02 Å². The summed E-state index contributed by atoms with van der Waals surface area (Å²) in [5, 5.41) is 7.66. The molecule has 0 radical (unpaired) electrons. The van der Waals surface area contributed by atoms with Gasteiger partial charge in [-0.3, -0.25) is 4.79 Å². The number of carbonyl (C=O) groups is 1. The van der Waals surface area contributed by atoms with E-state index in [1.165, 1.54) is 6.33 Å². The predicted octanol–water partition coefficient (Wildman–Crippen LogP) is 2.40. The van der Waals surface area contributed by atoms with Crippen LogP contribution in [-0.4, -0.2) is 52.0 Å². The molecule has 3 heterocycles. The van der Waals surface area contributed by atoms with Gasteiger partial charge in [-0.15, -0.1) is 0 Å². The van der Waals surface area contributed by atoms with Crippen LogP contribution in [0.25, 0.3) is 5.82 Å². The number of rotatable bonds is 4. The Balaban J connectivity index is 1.55. The zero-order valence-corrected chi connectivity index (χ0v) is 15.1. The smallest absolute Gasteiger partial charge is 0.255 e. The molecule has 2 aromatic heterocycles. The minimum atomic E-state index is -0.256. The fraction of sp³-hybridized carbons (Fsp3) is 0.222. The van der Waals surface area contributed by atoms with Crippen molar-refractivity contribution in [1.29, 1.82) is 0 Å². The summed E-state index contributed by atoms with van der Waals surface area (Å²) in [6, 6.07) is 6.77. The standard InChI is InChI=1S/C18H17ClN6O2/c19-14-3-1-2-13(8-14)18(26)23-15-9-22-25(11-15)17-16(10-20-12-21-17)24-4-6-27-7-5-24/h1-3,8-12H,4-7H2,(H,23,26). The summed E-state index contributed by atoms with van der Waals surface area (Å²) in [4.78, 5) is 23.0. The molecule has 138 valence electrons. The number of anilines is 2. The lowest BCUT2D eigenvalue weighted by Gasteiger charge is -2.29. The first-order chi connectivity index (χ1) is 13.2. The molecule has 1 fully saturated rings. The zero-order chi connectivity index (χ0) is 18.6. The molecule has 1 aliphatic rings. The van der Waals surface area contributed by atoms with E-state index in [2.05, 4.69) is 25.3 Å². The van der Waals surface area contributed by atoms with E-state index in [1.54, 1.807) is 47.5 Å². The Morgan fingerprint density at radius 1 is 1.22 bits per heavy atom. The van der Waals surface area contributed by atoms with E-state index in [0.29, 0.717) is 35.3 Å². The molecule has 1 amide bonds. The van der Waals surface area contributed by atoms with Crippen molar-refractivity contribution in [2.45, 2.75) is 0 Å². The van der Waals surface area contributed by atoms with E-state index in [0.717, 1.165) is 18.8 Å². The third-order valence-electron chi connectivity index (χ3n) is 4.17. The van der Waals surface area contributed by atoms with Crippen molar-refractivity contribution in [3.05, 3.63) is 59.8 Å². The fourth-order valence-corrected chi connectivity index (χ4v) is 3.05. The monoisotopic (exact) mass is 384 g/mol. The Hall–Kier alpha value is -2.97. The molecule has 8 nitrogen and oxygen atoms in total. The first kappa shape index (κ1) is 17.4. The number of hydrogen-bond donors (Lipinski definition) is 1. The first-order valence-electron chi connectivity index (χ1n) is 8.45. The molecule has 4 rings (SSSR count). The minimum absolute atomic E-state index is 0.256. The van der Waals surface area contributed by atoms with Crippen molar-refractivity contribution in [2.24, 2.45) is 0 Å². The van der Waals surface area contributed by atoms with E-state index in [9.17, 15) is 4.79 Å². The minimum Gasteiger partial charge on any atom is -0.378 e. The average molecular weight is 385 g/mol. The molecule has 0 atom stereocenters. The lowest BCUT2D eigenvalue weighted by atomic mass is 10.2. The summed E-state index contributed by atoms with van der Waals surface area (Å²) in [5.74, 6) is 0.392. The normalized spacial score (nSPS) is 14.2. The molecule has 0 spiro atoms. The van der Waals surface area contributed by atoms with E-state index in [1.807, 2.05) is 0 Å². The maximum Gasteiger partial charge on any atom is 0.255 e. The number of halogens is 1. The van der Waals surface area contributed by atoms with Gasteiger partial charge >= 0.3 is 0 Å². The number of nitrogens with zero attached hydrogens (tertiary/aromatic N) is 5. The van der Waals surface area contributed by atoms with Gasteiger partial charge in [0.2, 0.25) is 0 Å². The van der Waals surface area contributed by atoms with Gasteiger partial charge in [0.25, 0.3) is 5.91 Å². The third kappa shape index (κ3) is 3.91. The Bertz CT molecular complexity index is 954. The third-order valence-corrected chi connectivity index (χ3v) is 4.40. The highest BCUT2D eigenvalue weighted by Gasteiger charge is 2.18. The first-order valence-corrected chi connectivity index (χ1v) is 8.83. The van der Waals surface area contributed by atoms with Crippen LogP contribution in [0.5, 0.6) is 0 Å². The van der Waals surface area contributed by atoms with Crippen LogP contribution >= 0.6 is 11.6 Å². The predicted molar refractivity (Wildman–Crippen MR) is 102 cm³/mol. The highest BCUT2D eigenvalue weighted by Crippen LogP contribution is 2.23. The number of ether oxygens (including phenoxy) is 1. The molecule has 0 saturated carbocycles. The van der Waals surface area contributed by atoms with Crippen molar-refractivity contribution >= 4 is 28.9 Å². The highest BCUT2D eigenvalue weighted by molar-refractivity contribution is 6.31. The lowest BCUT2D eigenvalue weighted by molar-refractivity contribution is 0.102. The second-order valence-corrected chi connectivity index (χ2v) is 6.41.